The van der Waals surface area contributed by atoms with Gasteiger partial charge >= 0.3 is 5.97 Å². The second-order valence-electron chi connectivity index (χ2n) is 4.36. The zero-order valence-corrected chi connectivity index (χ0v) is 13.3. The van der Waals surface area contributed by atoms with Gasteiger partial charge in [-0.05, 0) is 36.4 Å². The normalized spacial score (nSPS) is 11.2. The first-order valence-corrected chi connectivity index (χ1v) is 8.33. The predicted octanol–water partition coefficient (Wildman–Crippen LogP) is 2.35. The number of aromatic nitrogens is 1. The van der Waals surface area contributed by atoms with Gasteiger partial charge in [0, 0.05) is 12.4 Å². The van der Waals surface area contributed by atoms with E-state index in [0.29, 0.717) is 16.8 Å². The van der Waals surface area contributed by atoms with Crippen molar-refractivity contribution in [3.05, 3.63) is 39.8 Å². The van der Waals surface area contributed by atoms with E-state index in [-0.39, 0.29) is 9.77 Å². The van der Waals surface area contributed by atoms with Crippen molar-refractivity contribution in [2.45, 2.75) is 18.7 Å². The van der Waals surface area contributed by atoms with E-state index in [2.05, 4.69) is 14.4 Å². The topological polar surface area (TPSA) is 85.4 Å². The Bertz CT molecular complexity index is 781. The Hall–Kier alpha value is -1.93. The molecule has 0 aliphatic heterocycles. The maximum atomic E-state index is 12.5. The molecule has 0 aliphatic carbocycles. The number of carbonyl (C=O) groups is 1. The average molecular weight is 326 g/mol. The number of nitrogens with zero attached hydrogens (tertiary/aromatic N) is 1. The van der Waals surface area contributed by atoms with Crippen LogP contribution in [0.15, 0.2) is 28.7 Å². The maximum Gasteiger partial charge on any atom is 0.349 e. The van der Waals surface area contributed by atoms with Crippen LogP contribution < -0.4 is 4.72 Å². The molecule has 2 heterocycles. The Labute approximate surface area is 126 Å². The molecule has 0 aromatic carbocycles. The van der Waals surface area contributed by atoms with Gasteiger partial charge in [-0.1, -0.05) is 0 Å². The minimum atomic E-state index is -3.88. The van der Waals surface area contributed by atoms with Crippen LogP contribution in [-0.4, -0.2) is 26.5 Å². The first kappa shape index (κ1) is 15.5. The zero-order chi connectivity index (χ0) is 15.6. The highest BCUT2D eigenvalue weighted by atomic mass is 32.2. The smallest absolute Gasteiger partial charge is 0.349 e. The molecule has 8 heteroatoms. The van der Waals surface area contributed by atoms with Crippen molar-refractivity contribution in [3.63, 3.8) is 0 Å². The lowest BCUT2D eigenvalue weighted by atomic mass is 10.3. The van der Waals surface area contributed by atoms with Crippen molar-refractivity contribution in [1.82, 2.24) is 4.98 Å². The van der Waals surface area contributed by atoms with Crippen molar-refractivity contribution in [2.75, 3.05) is 11.8 Å². The minimum Gasteiger partial charge on any atom is -0.465 e. The van der Waals surface area contributed by atoms with Gasteiger partial charge in [0.15, 0.2) is 0 Å². The molecule has 0 saturated heterocycles. The van der Waals surface area contributed by atoms with Crippen LogP contribution in [0.1, 0.15) is 20.8 Å². The lowest BCUT2D eigenvalue weighted by Crippen LogP contribution is -2.17. The molecule has 112 valence electrons. The third kappa shape index (κ3) is 3.06. The molecule has 0 radical (unpaired) electrons. The van der Waals surface area contributed by atoms with Crippen molar-refractivity contribution in [1.29, 1.82) is 0 Å². The summed E-state index contributed by atoms with van der Waals surface area (Å²) in [6, 6.07) is 1.56. The second-order valence-corrected chi connectivity index (χ2v) is 6.86. The number of sulfonamides is 1. The molecular formula is C13H14N2O4S2. The van der Waals surface area contributed by atoms with Crippen molar-refractivity contribution in [3.8, 4) is 0 Å². The fraction of sp³-hybridized carbons (Fsp3) is 0.231. The largest absolute Gasteiger partial charge is 0.465 e. The van der Waals surface area contributed by atoms with Crippen LogP contribution in [0.3, 0.4) is 0 Å². The molecule has 2 aromatic rings. The van der Waals surface area contributed by atoms with E-state index in [1.165, 1.54) is 13.3 Å². The van der Waals surface area contributed by atoms with Crippen LogP contribution in [0.2, 0.25) is 0 Å². The van der Waals surface area contributed by atoms with Gasteiger partial charge in [0.2, 0.25) is 0 Å². The number of carbonyl (C=O) groups excluding carboxylic acids is 1. The average Bonchev–Trinajstić information content (AvgIpc) is 2.83. The number of pyridine rings is 1. The van der Waals surface area contributed by atoms with Crippen LogP contribution in [0.25, 0.3) is 0 Å². The third-order valence-electron chi connectivity index (χ3n) is 2.82. The Morgan fingerprint density at radius 3 is 2.67 bits per heavy atom. The summed E-state index contributed by atoms with van der Waals surface area (Å²) in [7, 11) is -2.66. The number of hydrogen-bond acceptors (Lipinski definition) is 6. The predicted molar refractivity (Wildman–Crippen MR) is 80.2 cm³/mol. The fourth-order valence-corrected chi connectivity index (χ4v) is 4.62. The van der Waals surface area contributed by atoms with Crippen LogP contribution in [0, 0.1) is 13.8 Å². The standard InChI is InChI=1S/C13H14N2O4S2/c1-8-6-14-5-4-10(8)15-21(17,18)12-9(2)7-20-11(12)13(16)19-3/h4-7H,1-3H3,(H,14,15). The molecule has 2 aromatic heterocycles. The van der Waals surface area contributed by atoms with Crippen LogP contribution in [0.5, 0.6) is 0 Å². The summed E-state index contributed by atoms with van der Waals surface area (Å²) in [4.78, 5) is 15.6. The highest BCUT2D eigenvalue weighted by molar-refractivity contribution is 7.93. The molecule has 2 rings (SSSR count). The van der Waals surface area contributed by atoms with Crippen LogP contribution in [0.4, 0.5) is 5.69 Å². The molecule has 0 unspecified atom stereocenters. The molecule has 0 amide bonds. The van der Waals surface area contributed by atoms with Crippen molar-refractivity contribution < 1.29 is 17.9 Å². The molecule has 0 fully saturated rings. The van der Waals surface area contributed by atoms with Gasteiger partial charge in [0.05, 0.1) is 12.8 Å². The Morgan fingerprint density at radius 1 is 1.33 bits per heavy atom. The van der Waals surface area contributed by atoms with Gasteiger partial charge in [-0.2, -0.15) is 0 Å². The van der Waals surface area contributed by atoms with Gasteiger partial charge in [0.1, 0.15) is 9.77 Å². The first-order valence-electron chi connectivity index (χ1n) is 5.96. The zero-order valence-electron chi connectivity index (χ0n) is 11.7. The van der Waals surface area contributed by atoms with Gasteiger partial charge in [-0.25, -0.2) is 13.2 Å². The van der Waals surface area contributed by atoms with E-state index >= 15 is 0 Å². The number of esters is 1. The molecule has 0 aliphatic rings. The third-order valence-corrected chi connectivity index (χ3v) is 5.58. The highest BCUT2D eigenvalue weighted by Gasteiger charge is 2.27. The Balaban J connectivity index is 2.48. The molecule has 6 nitrogen and oxygen atoms in total. The number of aryl methyl sites for hydroxylation is 2. The molecule has 0 atom stereocenters. The molecular weight excluding hydrogens is 312 g/mol. The van der Waals surface area contributed by atoms with E-state index in [9.17, 15) is 13.2 Å². The number of ether oxygens (including phenoxy) is 1. The van der Waals surface area contributed by atoms with Gasteiger partial charge in [-0.3, -0.25) is 9.71 Å². The number of methoxy groups -OCH3 is 1. The summed E-state index contributed by atoms with van der Waals surface area (Å²) < 4.78 is 32.2. The molecule has 0 spiro atoms. The van der Waals surface area contributed by atoms with Crippen LogP contribution >= 0.6 is 11.3 Å². The van der Waals surface area contributed by atoms with Gasteiger partial charge < -0.3 is 4.74 Å². The lowest BCUT2D eigenvalue weighted by molar-refractivity contribution is 0.0602. The Kier molecular flexibility index (Phi) is 4.29. The van der Waals surface area contributed by atoms with Crippen molar-refractivity contribution >= 4 is 33.0 Å². The molecule has 0 bridgehead atoms. The summed E-state index contributed by atoms with van der Waals surface area (Å²) in [5.74, 6) is -0.667. The molecule has 21 heavy (non-hydrogen) atoms. The highest BCUT2D eigenvalue weighted by Crippen LogP contribution is 2.29. The number of thiophene rings is 1. The Morgan fingerprint density at radius 2 is 2.05 bits per heavy atom. The summed E-state index contributed by atoms with van der Waals surface area (Å²) in [5.41, 5.74) is 1.61. The first-order chi connectivity index (χ1) is 9.86. The lowest BCUT2D eigenvalue weighted by Gasteiger charge is -2.11. The second kappa shape index (κ2) is 5.82. The monoisotopic (exact) mass is 326 g/mol. The van der Waals surface area contributed by atoms with Crippen LogP contribution in [-0.2, 0) is 14.8 Å². The summed E-state index contributed by atoms with van der Waals surface area (Å²) >= 11 is 1.04. The SMILES string of the molecule is COC(=O)c1scc(C)c1S(=O)(=O)Nc1ccncc1C. The number of nitrogens with one attached hydrogen (secondary N) is 1. The van der Waals surface area contributed by atoms with Gasteiger partial charge in [0.25, 0.3) is 10.0 Å². The summed E-state index contributed by atoms with van der Waals surface area (Å²) in [5, 5.41) is 1.61. The minimum absolute atomic E-state index is 0.0458. The van der Waals surface area contributed by atoms with Crippen molar-refractivity contribution in [2.24, 2.45) is 0 Å². The molecule has 0 saturated carbocycles. The van der Waals surface area contributed by atoms with Gasteiger partial charge in [-0.15, -0.1) is 11.3 Å². The van der Waals surface area contributed by atoms with E-state index in [1.807, 2.05) is 0 Å². The van der Waals surface area contributed by atoms with E-state index in [1.54, 1.807) is 31.5 Å². The fourth-order valence-electron chi connectivity index (χ4n) is 1.78. The van der Waals surface area contributed by atoms with E-state index < -0.39 is 16.0 Å². The number of anilines is 1. The number of hydrogen-bond donors (Lipinski definition) is 1. The summed E-state index contributed by atoms with van der Waals surface area (Å²) in [6.45, 7) is 3.38. The maximum absolute atomic E-state index is 12.5. The number of rotatable bonds is 4. The summed E-state index contributed by atoms with van der Waals surface area (Å²) in [6.07, 6.45) is 3.05. The van der Waals surface area contributed by atoms with E-state index in [4.69, 9.17) is 0 Å². The quantitative estimate of drug-likeness (QED) is 0.872. The van der Waals surface area contributed by atoms with E-state index in [0.717, 1.165) is 11.3 Å². The molecule has 1 N–H and O–H groups in total.